The van der Waals surface area contributed by atoms with Gasteiger partial charge in [0.2, 0.25) is 0 Å². The van der Waals surface area contributed by atoms with Crippen molar-refractivity contribution in [1.82, 2.24) is 5.32 Å². The molecule has 0 heterocycles. The number of benzene rings is 1. The molecule has 0 radical (unpaired) electrons. The summed E-state index contributed by atoms with van der Waals surface area (Å²) in [5.74, 6) is 2.94. The molecule has 0 aliphatic heterocycles. The summed E-state index contributed by atoms with van der Waals surface area (Å²) in [4.78, 5) is 0. The van der Waals surface area contributed by atoms with Gasteiger partial charge in [0, 0.05) is 12.1 Å². The van der Waals surface area contributed by atoms with Crippen molar-refractivity contribution in [3.05, 3.63) is 35.9 Å². The van der Waals surface area contributed by atoms with E-state index in [1.165, 1.54) is 44.1 Å². The molecule has 4 atom stereocenters. The van der Waals surface area contributed by atoms with Crippen LogP contribution in [0.3, 0.4) is 0 Å². The van der Waals surface area contributed by atoms with Gasteiger partial charge < -0.3 is 5.32 Å². The molecule has 2 bridgehead atoms. The molecule has 0 amide bonds. The summed E-state index contributed by atoms with van der Waals surface area (Å²) in [5, 5.41) is 4.03. The smallest absolute Gasteiger partial charge is 0.0351 e. The van der Waals surface area contributed by atoms with Crippen molar-refractivity contribution in [2.45, 2.75) is 50.6 Å². The van der Waals surface area contributed by atoms with Crippen LogP contribution in [0.1, 0.15) is 50.1 Å². The van der Waals surface area contributed by atoms with E-state index in [1.807, 2.05) is 0 Å². The standard InChI is InChI=1S/C17H23N/c1-2-4-13(5-3-1)17(14-8-9-14)18-16-11-12-6-7-15(16)10-12/h1-5,12,14-18H,6-11H2. The van der Waals surface area contributed by atoms with Crippen LogP contribution in [0.2, 0.25) is 0 Å². The summed E-state index contributed by atoms with van der Waals surface area (Å²) in [6.45, 7) is 0. The predicted octanol–water partition coefficient (Wildman–Crippen LogP) is 3.92. The van der Waals surface area contributed by atoms with Crippen molar-refractivity contribution in [2.75, 3.05) is 0 Å². The van der Waals surface area contributed by atoms with Gasteiger partial charge in [-0.2, -0.15) is 0 Å². The first-order valence-electron chi connectivity index (χ1n) is 7.71. The maximum atomic E-state index is 4.03. The van der Waals surface area contributed by atoms with Gasteiger partial charge in [-0.05, 0) is 55.4 Å². The minimum absolute atomic E-state index is 0.635. The molecule has 1 N–H and O–H groups in total. The molecule has 1 aromatic carbocycles. The number of hydrogen-bond donors (Lipinski definition) is 1. The zero-order valence-corrected chi connectivity index (χ0v) is 11.0. The van der Waals surface area contributed by atoms with Gasteiger partial charge in [0.05, 0.1) is 0 Å². The first-order valence-corrected chi connectivity index (χ1v) is 7.71. The van der Waals surface area contributed by atoms with Crippen LogP contribution in [0.5, 0.6) is 0 Å². The lowest BCUT2D eigenvalue weighted by Crippen LogP contribution is -2.37. The average molecular weight is 241 g/mol. The van der Waals surface area contributed by atoms with E-state index < -0.39 is 0 Å². The van der Waals surface area contributed by atoms with Crippen LogP contribution in [0, 0.1) is 17.8 Å². The highest BCUT2D eigenvalue weighted by atomic mass is 15.0. The summed E-state index contributed by atoms with van der Waals surface area (Å²) < 4.78 is 0. The number of rotatable bonds is 4. The molecule has 0 aromatic heterocycles. The maximum absolute atomic E-state index is 4.03. The third kappa shape index (κ3) is 1.99. The second-order valence-electron chi connectivity index (χ2n) is 6.67. The quantitative estimate of drug-likeness (QED) is 0.842. The third-order valence-electron chi connectivity index (χ3n) is 5.38. The van der Waals surface area contributed by atoms with E-state index in [1.54, 1.807) is 0 Å². The molecule has 1 aromatic rings. The predicted molar refractivity (Wildman–Crippen MR) is 74.3 cm³/mol. The monoisotopic (exact) mass is 241 g/mol. The van der Waals surface area contributed by atoms with E-state index in [4.69, 9.17) is 0 Å². The molecular formula is C17H23N. The summed E-state index contributed by atoms with van der Waals surface area (Å²) >= 11 is 0. The van der Waals surface area contributed by atoms with Crippen molar-refractivity contribution in [3.63, 3.8) is 0 Å². The Kier molecular flexibility index (Phi) is 2.69. The van der Waals surface area contributed by atoms with E-state index in [-0.39, 0.29) is 0 Å². The summed E-state index contributed by atoms with van der Waals surface area (Å²) in [6, 6.07) is 12.6. The molecule has 18 heavy (non-hydrogen) atoms. The molecule has 1 heteroatoms. The Labute approximate surface area is 110 Å². The first-order chi connectivity index (χ1) is 8.90. The van der Waals surface area contributed by atoms with Crippen molar-refractivity contribution >= 4 is 0 Å². The molecule has 0 saturated heterocycles. The Bertz CT molecular complexity index is 409. The van der Waals surface area contributed by atoms with Crippen LogP contribution >= 0.6 is 0 Å². The van der Waals surface area contributed by atoms with Crippen molar-refractivity contribution < 1.29 is 0 Å². The fraction of sp³-hybridized carbons (Fsp3) is 0.647. The lowest BCUT2D eigenvalue weighted by molar-refractivity contribution is 0.305. The lowest BCUT2D eigenvalue weighted by Gasteiger charge is -2.29. The van der Waals surface area contributed by atoms with Crippen molar-refractivity contribution in [2.24, 2.45) is 17.8 Å². The Morgan fingerprint density at radius 2 is 1.78 bits per heavy atom. The molecule has 4 rings (SSSR count). The van der Waals surface area contributed by atoms with E-state index in [2.05, 4.69) is 35.6 Å². The van der Waals surface area contributed by atoms with Crippen LogP contribution in [0.25, 0.3) is 0 Å². The Hall–Kier alpha value is -0.820. The maximum Gasteiger partial charge on any atom is 0.0351 e. The molecule has 3 aliphatic carbocycles. The Morgan fingerprint density at radius 1 is 0.944 bits per heavy atom. The first kappa shape index (κ1) is 11.0. The van der Waals surface area contributed by atoms with E-state index in [0.717, 1.165) is 23.8 Å². The molecule has 3 fully saturated rings. The van der Waals surface area contributed by atoms with Gasteiger partial charge in [-0.25, -0.2) is 0 Å². The number of fused-ring (bicyclic) bond motifs is 2. The highest BCUT2D eigenvalue weighted by Crippen LogP contribution is 2.47. The third-order valence-corrected chi connectivity index (χ3v) is 5.38. The van der Waals surface area contributed by atoms with Gasteiger partial charge in [0.25, 0.3) is 0 Å². The highest BCUT2D eigenvalue weighted by Gasteiger charge is 2.42. The average Bonchev–Trinajstić information content (AvgIpc) is 3.05. The van der Waals surface area contributed by atoms with E-state index in [0.29, 0.717) is 6.04 Å². The van der Waals surface area contributed by atoms with Crippen molar-refractivity contribution in [3.8, 4) is 0 Å². The molecular weight excluding hydrogens is 218 g/mol. The largest absolute Gasteiger partial charge is 0.307 e. The van der Waals surface area contributed by atoms with Gasteiger partial charge in [-0.15, -0.1) is 0 Å². The minimum atomic E-state index is 0.635. The van der Waals surface area contributed by atoms with Crippen LogP contribution in [-0.4, -0.2) is 6.04 Å². The fourth-order valence-corrected chi connectivity index (χ4v) is 4.27. The van der Waals surface area contributed by atoms with Gasteiger partial charge in [0.15, 0.2) is 0 Å². The normalized spacial score (nSPS) is 35.9. The molecule has 0 spiro atoms. The Balaban J connectivity index is 1.50. The summed E-state index contributed by atoms with van der Waals surface area (Å²) in [7, 11) is 0. The molecule has 3 saturated carbocycles. The zero-order valence-electron chi connectivity index (χ0n) is 11.0. The summed E-state index contributed by atoms with van der Waals surface area (Å²) in [6.07, 6.45) is 8.78. The second-order valence-corrected chi connectivity index (χ2v) is 6.67. The second kappa shape index (κ2) is 4.38. The number of hydrogen-bond acceptors (Lipinski definition) is 1. The SMILES string of the molecule is c1ccc(C(NC2CC3CCC2C3)C2CC2)cc1. The number of nitrogens with one attached hydrogen (secondary N) is 1. The van der Waals surface area contributed by atoms with Crippen LogP contribution < -0.4 is 5.32 Å². The lowest BCUT2D eigenvalue weighted by atomic mass is 9.92. The van der Waals surface area contributed by atoms with Crippen LogP contribution in [-0.2, 0) is 0 Å². The molecule has 1 nitrogen and oxygen atoms in total. The van der Waals surface area contributed by atoms with Gasteiger partial charge in [0.1, 0.15) is 0 Å². The molecule has 3 aliphatic rings. The van der Waals surface area contributed by atoms with Crippen molar-refractivity contribution in [1.29, 1.82) is 0 Å². The Morgan fingerprint density at radius 3 is 2.39 bits per heavy atom. The van der Waals surface area contributed by atoms with Gasteiger partial charge in [-0.1, -0.05) is 36.8 Å². The summed E-state index contributed by atoms with van der Waals surface area (Å²) in [5.41, 5.74) is 1.52. The zero-order chi connectivity index (χ0) is 11.9. The molecule has 4 unspecified atom stereocenters. The van der Waals surface area contributed by atoms with Gasteiger partial charge >= 0.3 is 0 Å². The topological polar surface area (TPSA) is 12.0 Å². The van der Waals surface area contributed by atoms with Crippen LogP contribution in [0.4, 0.5) is 0 Å². The van der Waals surface area contributed by atoms with Crippen LogP contribution in [0.15, 0.2) is 30.3 Å². The van der Waals surface area contributed by atoms with Gasteiger partial charge in [-0.3, -0.25) is 0 Å². The minimum Gasteiger partial charge on any atom is -0.307 e. The highest BCUT2D eigenvalue weighted by molar-refractivity contribution is 5.21. The van der Waals surface area contributed by atoms with E-state index >= 15 is 0 Å². The van der Waals surface area contributed by atoms with E-state index in [9.17, 15) is 0 Å². The molecule has 96 valence electrons. The fourth-order valence-electron chi connectivity index (χ4n) is 4.27.